The van der Waals surface area contributed by atoms with Crippen molar-refractivity contribution in [1.82, 2.24) is 9.55 Å². The minimum Gasteiger partial charge on any atom is -0.457 e. The molecule has 11 aromatic rings. The van der Waals surface area contributed by atoms with E-state index < -0.39 is 0 Å². The molecule has 4 aliphatic carbocycles. The van der Waals surface area contributed by atoms with Crippen molar-refractivity contribution in [1.29, 1.82) is 0 Å². The summed E-state index contributed by atoms with van der Waals surface area (Å²) in [5, 5.41) is 2.39. The van der Waals surface area contributed by atoms with Crippen LogP contribution in [0.2, 0.25) is 0 Å². The lowest BCUT2D eigenvalue weighted by Crippen LogP contribution is -2.56. The maximum atomic E-state index is 7.43. The Morgan fingerprint density at radius 1 is 0.452 bits per heavy atom. The van der Waals surface area contributed by atoms with Crippen LogP contribution in [0.3, 0.4) is 0 Å². The van der Waals surface area contributed by atoms with Gasteiger partial charge in [-0.15, -0.1) is 0 Å². The van der Waals surface area contributed by atoms with Gasteiger partial charge in [0, 0.05) is 51.3 Å². The number of rotatable bonds is 13. The fourth-order valence-electron chi connectivity index (χ4n) is 16.3. The first kappa shape index (κ1) is 52.2. The standard InChI is InChI=1S/C79H74N4O/c1-50(2)57-44-70(51(3)4)77(71(45-57)52(5)6)58-42-63(81-49-82(74-32-19-18-31-73(74)81)78-66(55-21-10-7-11-22-55)28-20-29-67(78)56-23-12-8-13-24-56)47-65(43-58)84-64-33-34-69-68-27-16-17-30-72(68)83(75(69)48-64)76-46-60(35-36-80-76)79(59-25-14-9-15-26-59)61-38-53-37-54(40-61)41-62(79)39-53/h7-36,42-48,50-54,61-62H,37-41,49H2,1-6H3. The number of anilines is 4. The molecule has 5 nitrogen and oxygen atoms in total. The number of ether oxygens (including phenoxy) is 1. The van der Waals surface area contributed by atoms with Crippen LogP contribution < -0.4 is 14.5 Å². The van der Waals surface area contributed by atoms with Crippen molar-refractivity contribution in [3.8, 4) is 50.7 Å². The molecular formula is C79H74N4O. The third-order valence-electron chi connectivity index (χ3n) is 19.9. The molecule has 0 radical (unpaired) electrons. The summed E-state index contributed by atoms with van der Waals surface area (Å²) in [5.74, 6) is 6.48. The summed E-state index contributed by atoms with van der Waals surface area (Å²) < 4.78 is 9.84. The number of nitrogens with zero attached hydrogens (tertiary/aromatic N) is 4. The van der Waals surface area contributed by atoms with E-state index in [1.165, 1.54) is 104 Å². The van der Waals surface area contributed by atoms with Gasteiger partial charge in [-0.1, -0.05) is 193 Å². The lowest BCUT2D eigenvalue weighted by molar-refractivity contribution is -0.0418. The van der Waals surface area contributed by atoms with Crippen LogP contribution in [-0.4, -0.2) is 16.2 Å². The first-order valence-corrected chi connectivity index (χ1v) is 31.0. The molecule has 1 aliphatic heterocycles. The van der Waals surface area contributed by atoms with Crippen molar-refractivity contribution in [2.24, 2.45) is 23.7 Å². The Labute approximate surface area is 496 Å². The van der Waals surface area contributed by atoms with Crippen LogP contribution >= 0.6 is 0 Å². The SMILES string of the molecule is CC(C)c1cc(C(C)C)c(-c2cc(Oc3ccc4c5ccccc5n(-c5cc(C6(c7ccccc7)C7CC8CC(C7)CC6C8)ccn5)c4c3)cc(N3CN(c4c(-c5ccccc5)cccc4-c4ccccc4)c4ccccc43)c2)c(C(C)C)c1. The average Bonchev–Trinajstić information content (AvgIpc) is 1.49. The average molecular weight is 1100 g/mol. The summed E-state index contributed by atoms with van der Waals surface area (Å²) in [6.45, 7) is 14.6. The molecule has 9 aromatic carbocycles. The molecule has 4 bridgehead atoms. The van der Waals surface area contributed by atoms with E-state index in [2.05, 4.69) is 280 Å². The fraction of sp³-hybridized carbons (Fsp3) is 0.253. The molecular weight excluding hydrogens is 1020 g/mol. The van der Waals surface area contributed by atoms with Crippen LogP contribution in [0.1, 0.15) is 119 Å². The van der Waals surface area contributed by atoms with Gasteiger partial charge in [-0.25, -0.2) is 4.98 Å². The molecule has 416 valence electrons. The molecule has 2 aromatic heterocycles. The van der Waals surface area contributed by atoms with Crippen LogP contribution in [0.5, 0.6) is 11.5 Å². The van der Waals surface area contributed by atoms with Crippen molar-refractivity contribution in [3.05, 3.63) is 252 Å². The summed E-state index contributed by atoms with van der Waals surface area (Å²) in [6, 6.07) is 81.3. The number of benzene rings is 9. The molecule has 5 aliphatic rings. The Bertz CT molecular complexity index is 4160. The first-order valence-electron chi connectivity index (χ1n) is 31.0. The predicted molar refractivity (Wildman–Crippen MR) is 350 cm³/mol. The highest BCUT2D eigenvalue weighted by Crippen LogP contribution is 2.65. The second kappa shape index (κ2) is 20.9. The fourth-order valence-corrected chi connectivity index (χ4v) is 16.3. The second-order valence-electron chi connectivity index (χ2n) is 25.7. The summed E-state index contributed by atoms with van der Waals surface area (Å²) in [6.07, 6.45) is 8.79. The van der Waals surface area contributed by atoms with Crippen LogP contribution in [0, 0.1) is 23.7 Å². The number of para-hydroxylation sites is 4. The van der Waals surface area contributed by atoms with E-state index in [-0.39, 0.29) is 5.41 Å². The zero-order valence-electron chi connectivity index (χ0n) is 49.3. The molecule has 3 heterocycles. The summed E-state index contributed by atoms with van der Waals surface area (Å²) in [4.78, 5) is 10.3. The summed E-state index contributed by atoms with van der Waals surface area (Å²) in [5.41, 5.74) is 21.0. The van der Waals surface area contributed by atoms with E-state index in [4.69, 9.17) is 9.72 Å². The van der Waals surface area contributed by atoms with Gasteiger partial charge in [0.05, 0.1) is 28.1 Å². The number of hydrogen-bond acceptors (Lipinski definition) is 4. The second-order valence-corrected chi connectivity index (χ2v) is 25.7. The van der Waals surface area contributed by atoms with Gasteiger partial charge >= 0.3 is 0 Å². The molecule has 0 N–H and O–H groups in total. The summed E-state index contributed by atoms with van der Waals surface area (Å²) >= 11 is 0. The number of aromatic nitrogens is 2. The van der Waals surface area contributed by atoms with Crippen molar-refractivity contribution < 1.29 is 4.74 Å². The van der Waals surface area contributed by atoms with Crippen molar-refractivity contribution in [2.75, 3.05) is 16.5 Å². The molecule has 84 heavy (non-hydrogen) atoms. The van der Waals surface area contributed by atoms with Gasteiger partial charge < -0.3 is 14.5 Å². The van der Waals surface area contributed by atoms with Gasteiger partial charge in [-0.3, -0.25) is 4.57 Å². The third kappa shape index (κ3) is 8.67. The van der Waals surface area contributed by atoms with Crippen molar-refractivity contribution in [3.63, 3.8) is 0 Å². The lowest BCUT2D eigenvalue weighted by atomic mass is 9.42. The smallest absolute Gasteiger partial charge is 0.137 e. The van der Waals surface area contributed by atoms with Gasteiger partial charge in [-0.05, 0) is 178 Å². The van der Waals surface area contributed by atoms with Crippen LogP contribution in [-0.2, 0) is 5.41 Å². The highest BCUT2D eigenvalue weighted by molar-refractivity contribution is 6.09. The van der Waals surface area contributed by atoms with Gasteiger partial charge in [0.2, 0.25) is 0 Å². The normalized spacial score (nSPS) is 19.8. The minimum atomic E-state index is -0.0372. The Hall–Kier alpha value is -8.67. The zero-order chi connectivity index (χ0) is 56.8. The number of hydrogen-bond donors (Lipinski definition) is 0. The van der Waals surface area contributed by atoms with E-state index >= 15 is 0 Å². The van der Waals surface area contributed by atoms with Crippen LogP contribution in [0.4, 0.5) is 22.7 Å². The van der Waals surface area contributed by atoms with Crippen molar-refractivity contribution in [2.45, 2.75) is 96.8 Å². The van der Waals surface area contributed by atoms with E-state index in [1.54, 1.807) is 0 Å². The van der Waals surface area contributed by atoms with Gasteiger partial charge in [-0.2, -0.15) is 0 Å². The first-order chi connectivity index (χ1) is 41.1. The lowest BCUT2D eigenvalue weighted by Gasteiger charge is -2.62. The molecule has 0 saturated heterocycles. The predicted octanol–water partition coefficient (Wildman–Crippen LogP) is 21.3. The highest BCUT2D eigenvalue weighted by atomic mass is 16.5. The van der Waals surface area contributed by atoms with Gasteiger partial charge in [0.25, 0.3) is 0 Å². The molecule has 0 amide bonds. The van der Waals surface area contributed by atoms with Crippen molar-refractivity contribution >= 4 is 44.6 Å². The van der Waals surface area contributed by atoms with Gasteiger partial charge in [0.15, 0.2) is 0 Å². The number of pyridine rings is 1. The van der Waals surface area contributed by atoms with Crippen LogP contribution in [0.25, 0.3) is 61.0 Å². The monoisotopic (exact) mass is 1090 g/mol. The molecule has 0 unspecified atom stereocenters. The Morgan fingerprint density at radius 3 is 1.67 bits per heavy atom. The van der Waals surface area contributed by atoms with E-state index in [0.29, 0.717) is 36.3 Å². The Morgan fingerprint density at radius 2 is 1.04 bits per heavy atom. The maximum Gasteiger partial charge on any atom is 0.137 e. The molecule has 16 rings (SSSR count). The number of fused-ring (bicyclic) bond motifs is 4. The van der Waals surface area contributed by atoms with Gasteiger partial charge in [0.1, 0.15) is 24.0 Å². The zero-order valence-corrected chi connectivity index (χ0v) is 49.3. The molecule has 4 fully saturated rings. The largest absolute Gasteiger partial charge is 0.457 e. The van der Waals surface area contributed by atoms with E-state index in [0.717, 1.165) is 62.8 Å². The van der Waals surface area contributed by atoms with Crippen LogP contribution in [0.15, 0.2) is 225 Å². The molecule has 5 heteroatoms. The van der Waals surface area contributed by atoms with E-state index in [9.17, 15) is 0 Å². The molecule has 4 saturated carbocycles. The topological polar surface area (TPSA) is 33.5 Å². The maximum absolute atomic E-state index is 7.43. The summed E-state index contributed by atoms with van der Waals surface area (Å²) in [7, 11) is 0. The Balaban J connectivity index is 0.892. The quantitative estimate of drug-likeness (QED) is 0.115. The molecule has 0 spiro atoms. The van der Waals surface area contributed by atoms with E-state index in [1.807, 2.05) is 0 Å². The third-order valence-corrected chi connectivity index (χ3v) is 19.9. The minimum absolute atomic E-state index is 0.0372. The highest BCUT2D eigenvalue weighted by Gasteiger charge is 2.58. The Kier molecular flexibility index (Phi) is 13.0. The molecule has 0 atom stereocenters.